The van der Waals surface area contributed by atoms with Gasteiger partial charge in [-0.15, -0.1) is 0 Å². The first-order valence-electron chi connectivity index (χ1n) is 8.03. The van der Waals surface area contributed by atoms with Crippen LogP contribution in [0.3, 0.4) is 0 Å². The number of hydrogen-bond acceptors (Lipinski definition) is 4. The summed E-state index contributed by atoms with van der Waals surface area (Å²) < 4.78 is 10.9. The lowest BCUT2D eigenvalue weighted by atomic mass is 9.83. The maximum atomic E-state index is 6.32. The van der Waals surface area contributed by atoms with E-state index >= 15 is 0 Å². The molecule has 0 radical (unpaired) electrons. The number of ether oxygens (including phenoxy) is 2. The normalized spacial score (nSPS) is 23.7. The molecular weight excluding hydrogens is 264 g/mol. The lowest BCUT2D eigenvalue weighted by Crippen LogP contribution is -2.24. The van der Waals surface area contributed by atoms with Gasteiger partial charge in [-0.1, -0.05) is 25.3 Å². The molecular formula is C17H26N2O2. The van der Waals surface area contributed by atoms with Crippen LogP contribution >= 0.6 is 0 Å². The van der Waals surface area contributed by atoms with Crippen molar-refractivity contribution in [2.45, 2.75) is 44.1 Å². The van der Waals surface area contributed by atoms with Gasteiger partial charge >= 0.3 is 0 Å². The Morgan fingerprint density at radius 1 is 1.29 bits per heavy atom. The first-order valence-corrected chi connectivity index (χ1v) is 8.03. The molecule has 1 aromatic rings. The van der Waals surface area contributed by atoms with Crippen LogP contribution in [-0.4, -0.2) is 33.1 Å². The average molecular weight is 290 g/mol. The lowest BCUT2D eigenvalue weighted by Gasteiger charge is -2.25. The number of rotatable bonds is 4. The van der Waals surface area contributed by atoms with Crippen LogP contribution in [0.2, 0.25) is 0 Å². The fourth-order valence-corrected chi connectivity index (χ4v) is 3.56. The summed E-state index contributed by atoms with van der Waals surface area (Å²) in [5.41, 5.74) is 9.76. The highest BCUT2D eigenvalue weighted by Crippen LogP contribution is 2.37. The Morgan fingerprint density at radius 3 is 2.81 bits per heavy atom. The molecule has 0 amide bonds. The standard InChI is InChI=1S/C17H26N2O2/c1-20-11-15-10-19(12-21-15)14-7-8-16(17(18)9-14)13-5-3-2-4-6-13/h7-9,13,15H,2-6,10-12,18H2,1H3. The minimum absolute atomic E-state index is 0.161. The third-order valence-corrected chi connectivity index (χ3v) is 4.72. The average Bonchev–Trinajstić information content (AvgIpc) is 2.97. The van der Waals surface area contributed by atoms with Crippen molar-refractivity contribution in [2.75, 3.05) is 37.6 Å². The predicted octanol–water partition coefficient (Wildman–Crippen LogP) is 3.13. The van der Waals surface area contributed by atoms with E-state index in [0.717, 1.165) is 17.9 Å². The fourth-order valence-electron chi connectivity index (χ4n) is 3.56. The van der Waals surface area contributed by atoms with Crippen LogP contribution in [0.15, 0.2) is 18.2 Å². The molecule has 0 spiro atoms. The first kappa shape index (κ1) is 14.7. The van der Waals surface area contributed by atoms with E-state index in [1.54, 1.807) is 7.11 Å². The van der Waals surface area contributed by atoms with Crippen molar-refractivity contribution < 1.29 is 9.47 Å². The van der Waals surface area contributed by atoms with E-state index in [1.165, 1.54) is 37.7 Å². The second-order valence-electron chi connectivity index (χ2n) is 6.24. The molecule has 1 unspecified atom stereocenters. The second kappa shape index (κ2) is 6.67. The van der Waals surface area contributed by atoms with Crippen molar-refractivity contribution >= 4 is 11.4 Å². The number of nitrogens with zero attached hydrogens (tertiary/aromatic N) is 1. The largest absolute Gasteiger partial charge is 0.398 e. The molecule has 2 aliphatic rings. The van der Waals surface area contributed by atoms with E-state index < -0.39 is 0 Å². The molecule has 1 saturated heterocycles. The van der Waals surface area contributed by atoms with Crippen LogP contribution in [0.5, 0.6) is 0 Å². The summed E-state index contributed by atoms with van der Waals surface area (Å²) in [6, 6.07) is 6.53. The third-order valence-electron chi connectivity index (χ3n) is 4.72. The van der Waals surface area contributed by atoms with E-state index in [1.807, 2.05) is 0 Å². The Bertz CT molecular complexity index is 472. The maximum absolute atomic E-state index is 6.32. The monoisotopic (exact) mass is 290 g/mol. The van der Waals surface area contributed by atoms with Gasteiger partial charge in [-0.25, -0.2) is 0 Å². The van der Waals surface area contributed by atoms with Crippen LogP contribution in [0.4, 0.5) is 11.4 Å². The predicted molar refractivity (Wildman–Crippen MR) is 85.6 cm³/mol. The molecule has 0 aromatic heterocycles. The molecule has 2 N–H and O–H groups in total. The number of nitrogen functional groups attached to an aromatic ring is 1. The van der Waals surface area contributed by atoms with Gasteiger partial charge in [-0.05, 0) is 36.5 Å². The zero-order valence-electron chi connectivity index (χ0n) is 12.9. The van der Waals surface area contributed by atoms with Crippen molar-refractivity contribution in [2.24, 2.45) is 0 Å². The van der Waals surface area contributed by atoms with Gasteiger partial charge in [0.25, 0.3) is 0 Å². The van der Waals surface area contributed by atoms with Crippen molar-refractivity contribution in [3.63, 3.8) is 0 Å². The van der Waals surface area contributed by atoms with E-state index in [0.29, 0.717) is 19.3 Å². The van der Waals surface area contributed by atoms with Crippen molar-refractivity contribution in [3.8, 4) is 0 Å². The van der Waals surface area contributed by atoms with E-state index in [9.17, 15) is 0 Å². The third kappa shape index (κ3) is 3.33. The van der Waals surface area contributed by atoms with Crippen LogP contribution < -0.4 is 10.6 Å². The number of hydrogen-bond donors (Lipinski definition) is 1. The molecule has 116 valence electrons. The van der Waals surface area contributed by atoms with Gasteiger partial charge in [0.05, 0.1) is 6.61 Å². The number of nitrogens with two attached hydrogens (primary N) is 1. The van der Waals surface area contributed by atoms with Gasteiger partial charge in [-0.2, -0.15) is 0 Å². The van der Waals surface area contributed by atoms with Crippen molar-refractivity contribution in [1.82, 2.24) is 0 Å². The summed E-state index contributed by atoms with van der Waals surface area (Å²) in [7, 11) is 1.71. The molecule has 2 fully saturated rings. The van der Waals surface area contributed by atoms with Crippen molar-refractivity contribution in [3.05, 3.63) is 23.8 Å². The second-order valence-corrected chi connectivity index (χ2v) is 6.24. The van der Waals surface area contributed by atoms with Crippen LogP contribution in [0.1, 0.15) is 43.6 Å². The molecule has 1 heterocycles. The van der Waals surface area contributed by atoms with Gasteiger partial charge in [0.1, 0.15) is 12.8 Å². The molecule has 1 aliphatic carbocycles. The fraction of sp³-hybridized carbons (Fsp3) is 0.647. The lowest BCUT2D eigenvalue weighted by molar-refractivity contribution is 0.0430. The van der Waals surface area contributed by atoms with Gasteiger partial charge in [0.2, 0.25) is 0 Å². The molecule has 1 aromatic carbocycles. The van der Waals surface area contributed by atoms with E-state index in [2.05, 4.69) is 23.1 Å². The summed E-state index contributed by atoms with van der Waals surface area (Å²) in [5.74, 6) is 0.656. The first-order chi connectivity index (χ1) is 10.3. The zero-order chi connectivity index (χ0) is 14.7. The minimum Gasteiger partial charge on any atom is -0.398 e. The van der Waals surface area contributed by atoms with E-state index in [4.69, 9.17) is 15.2 Å². The molecule has 3 rings (SSSR count). The number of methoxy groups -OCH3 is 1. The van der Waals surface area contributed by atoms with Crippen molar-refractivity contribution in [1.29, 1.82) is 0 Å². The van der Waals surface area contributed by atoms with Gasteiger partial charge in [-0.3, -0.25) is 0 Å². The molecule has 1 atom stereocenters. The van der Waals surface area contributed by atoms with Gasteiger partial charge in [0, 0.05) is 25.0 Å². The minimum atomic E-state index is 0.161. The molecule has 0 bridgehead atoms. The zero-order valence-corrected chi connectivity index (χ0v) is 12.9. The van der Waals surface area contributed by atoms with Gasteiger partial charge < -0.3 is 20.1 Å². The smallest absolute Gasteiger partial charge is 0.119 e. The quantitative estimate of drug-likeness (QED) is 0.866. The summed E-state index contributed by atoms with van der Waals surface area (Å²) >= 11 is 0. The summed E-state index contributed by atoms with van der Waals surface area (Å²) in [6.07, 6.45) is 6.78. The molecule has 1 aliphatic heterocycles. The molecule has 4 nitrogen and oxygen atoms in total. The highest BCUT2D eigenvalue weighted by molar-refractivity contribution is 5.61. The molecule has 4 heteroatoms. The summed E-state index contributed by atoms with van der Waals surface area (Å²) in [4.78, 5) is 2.23. The van der Waals surface area contributed by atoms with Gasteiger partial charge in [0.15, 0.2) is 0 Å². The summed E-state index contributed by atoms with van der Waals surface area (Å²) in [5, 5.41) is 0. The highest BCUT2D eigenvalue weighted by atomic mass is 16.5. The Kier molecular flexibility index (Phi) is 4.66. The van der Waals surface area contributed by atoms with Crippen LogP contribution in [0, 0.1) is 0 Å². The van der Waals surface area contributed by atoms with E-state index in [-0.39, 0.29) is 6.10 Å². The molecule has 1 saturated carbocycles. The maximum Gasteiger partial charge on any atom is 0.119 e. The molecule has 21 heavy (non-hydrogen) atoms. The summed E-state index contributed by atoms with van der Waals surface area (Å²) in [6.45, 7) is 2.14. The van der Waals surface area contributed by atoms with Crippen LogP contribution in [0.25, 0.3) is 0 Å². The Labute approximate surface area is 127 Å². The SMILES string of the molecule is COCC1CN(c2ccc(C3CCCCC3)c(N)c2)CO1. The Morgan fingerprint density at radius 2 is 2.10 bits per heavy atom. The Balaban J connectivity index is 1.69. The van der Waals surface area contributed by atoms with Crippen LogP contribution in [-0.2, 0) is 9.47 Å². The number of benzene rings is 1. The Hall–Kier alpha value is -1.26. The number of anilines is 2. The topological polar surface area (TPSA) is 47.7 Å². The highest BCUT2D eigenvalue weighted by Gasteiger charge is 2.24.